The van der Waals surface area contributed by atoms with Crippen molar-refractivity contribution < 1.29 is 4.90 Å². The van der Waals surface area contributed by atoms with Crippen LogP contribution in [0.1, 0.15) is 0 Å². The summed E-state index contributed by atoms with van der Waals surface area (Å²) >= 11 is 0. The summed E-state index contributed by atoms with van der Waals surface area (Å²) in [5.74, 6) is -0.162. The molecule has 8 heavy (non-hydrogen) atoms. The van der Waals surface area contributed by atoms with Gasteiger partial charge in [0.15, 0.2) is 0 Å². The van der Waals surface area contributed by atoms with E-state index in [1.165, 1.54) is 6.21 Å². The summed E-state index contributed by atoms with van der Waals surface area (Å²) in [6.45, 7) is 0.469. The Bertz CT molecular complexity index is 147. The van der Waals surface area contributed by atoms with Gasteiger partial charge in [0.2, 0.25) is 0 Å². The largest absolute Gasteiger partial charge is 0.744 e. The summed E-state index contributed by atoms with van der Waals surface area (Å²) in [4.78, 5) is 2.86. The van der Waals surface area contributed by atoms with E-state index >= 15 is 0 Å². The lowest BCUT2D eigenvalue weighted by Gasteiger charge is -2.12. The maximum atomic E-state index is 9.79. The first kappa shape index (κ1) is 4.89. The van der Waals surface area contributed by atoms with Crippen molar-refractivity contribution in [1.29, 1.82) is 0 Å². The normalized spacial score (nSPS) is 16.2. The second-order valence-corrected chi connectivity index (χ2v) is 1.27. The van der Waals surface area contributed by atoms with Gasteiger partial charge in [0.1, 0.15) is 12.8 Å². The molecule has 0 aromatic carbocycles. The van der Waals surface area contributed by atoms with Gasteiger partial charge in [-0.25, -0.2) is 0 Å². The number of rotatable bonds is 0. The smallest absolute Gasteiger partial charge is 0.387 e. The molecule has 0 spiro atoms. The molecule has 1 rings (SSSR count). The van der Waals surface area contributed by atoms with Crippen LogP contribution >= 0.6 is 0 Å². The Kier molecular flexibility index (Phi) is 1.03. The van der Waals surface area contributed by atoms with Gasteiger partial charge < -0.3 is 10.4 Å². The molecule has 0 saturated carbocycles. The molecule has 0 aromatic heterocycles. The van der Waals surface area contributed by atoms with E-state index in [0.717, 1.165) is 0 Å². The van der Waals surface area contributed by atoms with Crippen LogP contribution in [0.3, 0.4) is 0 Å². The van der Waals surface area contributed by atoms with Crippen LogP contribution in [0.2, 0.25) is 0 Å². The van der Waals surface area contributed by atoms with Crippen LogP contribution in [-0.2, 0) is 0 Å². The molecule has 0 saturated heterocycles. The van der Waals surface area contributed by atoms with Crippen molar-refractivity contribution >= 4 is 12.2 Å². The molecule has 0 unspecified atom stereocenters. The highest BCUT2D eigenvalue weighted by Gasteiger charge is 2.07. The first-order valence-corrected chi connectivity index (χ1v) is 2.08. The molecule has 5 nitrogen and oxygen atoms in total. The van der Waals surface area contributed by atoms with Crippen LogP contribution in [0.5, 0.6) is 0 Å². The van der Waals surface area contributed by atoms with Crippen molar-refractivity contribution in [3.05, 3.63) is 10.4 Å². The summed E-state index contributed by atoms with van der Waals surface area (Å²) in [7, 11) is 0. The van der Waals surface area contributed by atoms with Crippen LogP contribution in [0.25, 0.3) is 0 Å². The number of hydrogen-bond donors (Lipinski definition) is 1. The summed E-state index contributed by atoms with van der Waals surface area (Å²) in [5.41, 5.74) is 0. The van der Waals surface area contributed by atoms with Crippen LogP contribution in [0, 0.1) is 10.4 Å². The van der Waals surface area contributed by atoms with Crippen molar-refractivity contribution in [2.45, 2.75) is 0 Å². The molecule has 0 fully saturated rings. The second-order valence-electron chi connectivity index (χ2n) is 1.27. The van der Waals surface area contributed by atoms with Gasteiger partial charge in [-0.1, -0.05) is 4.99 Å². The fraction of sp³-hybridized carbons (Fsp3) is 0.333. The van der Waals surface area contributed by atoms with Crippen molar-refractivity contribution in [2.75, 3.05) is 6.54 Å². The van der Waals surface area contributed by atoms with E-state index in [0.29, 0.717) is 6.54 Å². The minimum atomic E-state index is -0.552. The van der Waals surface area contributed by atoms with Gasteiger partial charge in [-0.15, -0.1) is 0 Å². The number of aliphatic imine (C=N–C) groups is 1. The molecular weight excluding hydrogens is 110 g/mol. The first-order valence-electron chi connectivity index (χ1n) is 2.08. The Labute approximate surface area is 45.5 Å². The van der Waals surface area contributed by atoms with E-state index in [1.54, 1.807) is 0 Å². The molecule has 1 aliphatic heterocycles. The van der Waals surface area contributed by atoms with Gasteiger partial charge in [0, 0.05) is 0 Å². The van der Waals surface area contributed by atoms with E-state index in [9.17, 15) is 10.4 Å². The van der Waals surface area contributed by atoms with E-state index < -0.39 is 4.90 Å². The highest BCUT2D eigenvalue weighted by atomic mass is 16.8. The van der Waals surface area contributed by atoms with Gasteiger partial charge >= 0.3 is 5.96 Å². The van der Waals surface area contributed by atoms with E-state index in [4.69, 9.17) is 0 Å². The molecule has 5 heteroatoms. The van der Waals surface area contributed by atoms with Crippen LogP contribution in [-0.4, -0.2) is 23.6 Å². The SMILES string of the molecule is [O-][N+]([O-])=C1N=CCN1. The first-order chi connectivity index (χ1) is 3.80. The zero-order valence-electron chi connectivity index (χ0n) is 4.00. The van der Waals surface area contributed by atoms with Gasteiger partial charge in [-0.2, -0.15) is 0 Å². The molecule has 44 valence electrons. The lowest BCUT2D eigenvalue weighted by molar-refractivity contribution is -0.382. The van der Waals surface area contributed by atoms with E-state index in [1.807, 2.05) is 0 Å². The summed E-state index contributed by atoms with van der Waals surface area (Å²) < 4.78 is 0. The monoisotopic (exact) mass is 114 g/mol. The minimum Gasteiger partial charge on any atom is -0.744 e. The predicted molar refractivity (Wildman–Crippen MR) is 28.5 cm³/mol. The topological polar surface area (TPSA) is 73.5 Å². The van der Waals surface area contributed by atoms with Gasteiger partial charge in [0.25, 0.3) is 0 Å². The van der Waals surface area contributed by atoms with E-state index in [2.05, 4.69) is 10.3 Å². The third kappa shape index (κ3) is 0.699. The Hall–Kier alpha value is -1.26. The molecule has 0 radical (unpaired) electrons. The average molecular weight is 114 g/mol. The molecule has 0 bridgehead atoms. The molecular formula is C3H4N3O2-. The second kappa shape index (κ2) is 1.69. The maximum absolute atomic E-state index is 9.79. The third-order valence-electron chi connectivity index (χ3n) is 0.738. The zero-order valence-corrected chi connectivity index (χ0v) is 4.00. The van der Waals surface area contributed by atoms with E-state index in [-0.39, 0.29) is 5.96 Å². The van der Waals surface area contributed by atoms with Crippen LogP contribution in [0.4, 0.5) is 0 Å². The Balaban J connectivity index is 2.73. The molecule has 0 amide bonds. The minimum absolute atomic E-state index is 0.162. The van der Waals surface area contributed by atoms with Crippen molar-refractivity contribution in [3.8, 4) is 0 Å². The Morgan fingerprint density at radius 1 is 1.75 bits per heavy atom. The van der Waals surface area contributed by atoms with Crippen molar-refractivity contribution in [1.82, 2.24) is 5.32 Å². The zero-order chi connectivity index (χ0) is 5.98. The quantitative estimate of drug-likeness (QED) is 0.325. The molecule has 1 N–H and O–H groups in total. The van der Waals surface area contributed by atoms with Crippen LogP contribution < -0.4 is 5.32 Å². The summed E-state index contributed by atoms with van der Waals surface area (Å²) in [6, 6.07) is 0. The maximum Gasteiger partial charge on any atom is 0.387 e. The molecule has 0 atom stereocenters. The van der Waals surface area contributed by atoms with Gasteiger partial charge in [-0.05, 0) is 0 Å². The number of guanidine groups is 1. The molecule has 0 aliphatic carbocycles. The fourth-order valence-electron chi connectivity index (χ4n) is 0.426. The molecule has 1 aliphatic rings. The van der Waals surface area contributed by atoms with Crippen LogP contribution in [0.15, 0.2) is 4.99 Å². The highest BCUT2D eigenvalue weighted by Crippen LogP contribution is 1.79. The Morgan fingerprint density at radius 2 is 2.50 bits per heavy atom. The standard InChI is InChI=1S/C3H4N3O2/c7-6(8)3-4-1-2-5-3/h1,5H,2H2/q-1. The van der Waals surface area contributed by atoms with Gasteiger partial charge in [0.05, 0.1) is 0 Å². The number of hydrogen-bond acceptors (Lipinski definition) is 2. The molecule has 0 aromatic rings. The number of nitrogens with zero attached hydrogens (tertiary/aromatic N) is 2. The number of nitrogens with one attached hydrogen (secondary N) is 1. The lowest BCUT2D eigenvalue weighted by atomic mass is 10.8. The summed E-state index contributed by atoms with van der Waals surface area (Å²) in [6.07, 6.45) is 1.46. The Morgan fingerprint density at radius 3 is 2.75 bits per heavy atom. The van der Waals surface area contributed by atoms with Crippen molar-refractivity contribution in [3.63, 3.8) is 0 Å². The molecule has 1 heterocycles. The fourth-order valence-corrected chi connectivity index (χ4v) is 0.426. The predicted octanol–water partition coefficient (Wildman–Crippen LogP) is -0.976. The summed E-state index contributed by atoms with van der Waals surface area (Å²) in [5, 5.41) is 22.0. The third-order valence-corrected chi connectivity index (χ3v) is 0.738. The van der Waals surface area contributed by atoms with Crippen molar-refractivity contribution in [2.24, 2.45) is 4.99 Å². The average Bonchev–Trinajstić information content (AvgIpc) is 2.12. The van der Waals surface area contributed by atoms with Gasteiger partial charge in [-0.3, -0.25) is 10.2 Å². The lowest BCUT2D eigenvalue weighted by Crippen LogP contribution is -2.22. The highest BCUT2D eigenvalue weighted by molar-refractivity contribution is 5.91.